The number of nitrogens with two attached hydrogens (primary N) is 1. The van der Waals surface area contributed by atoms with Gasteiger partial charge in [-0.05, 0) is 5.41 Å². The lowest BCUT2D eigenvalue weighted by Crippen LogP contribution is -2.46. The van der Waals surface area contributed by atoms with E-state index in [2.05, 4.69) is 25.7 Å². The van der Waals surface area contributed by atoms with Crippen LogP contribution in [0.3, 0.4) is 0 Å². The lowest BCUT2D eigenvalue weighted by molar-refractivity contribution is 0.215. The summed E-state index contributed by atoms with van der Waals surface area (Å²) in [5, 5.41) is 0. The van der Waals surface area contributed by atoms with Gasteiger partial charge in [0.2, 0.25) is 0 Å². The summed E-state index contributed by atoms with van der Waals surface area (Å²) in [6.45, 7) is 10.1. The van der Waals surface area contributed by atoms with Crippen molar-refractivity contribution in [3.05, 3.63) is 0 Å². The first kappa shape index (κ1) is 12.7. The molecule has 1 aliphatic heterocycles. The van der Waals surface area contributed by atoms with Gasteiger partial charge in [-0.1, -0.05) is 42.4 Å². The third-order valence-corrected chi connectivity index (χ3v) is 5.00. The number of hydrogen-bond donors (Lipinski definition) is 1. The van der Waals surface area contributed by atoms with E-state index in [0.717, 1.165) is 6.54 Å². The summed E-state index contributed by atoms with van der Waals surface area (Å²) in [6, 6.07) is 0.288. The summed E-state index contributed by atoms with van der Waals surface area (Å²) in [5.41, 5.74) is 6.41. The topological polar surface area (TPSA) is 29.3 Å². The SMILES string of the molecule is CC(C)(C)C(N)CN1CCSSCC1. The minimum atomic E-state index is 0.229. The van der Waals surface area contributed by atoms with Crippen LogP contribution in [-0.4, -0.2) is 42.1 Å². The van der Waals surface area contributed by atoms with Gasteiger partial charge in [0, 0.05) is 37.2 Å². The second kappa shape index (κ2) is 5.64. The molecule has 1 heterocycles. The van der Waals surface area contributed by atoms with E-state index in [1.54, 1.807) is 0 Å². The van der Waals surface area contributed by atoms with Gasteiger partial charge >= 0.3 is 0 Å². The molecule has 0 spiro atoms. The summed E-state index contributed by atoms with van der Waals surface area (Å²) in [5.74, 6) is 2.48. The Hall–Kier alpha value is 0.620. The molecule has 0 radical (unpaired) electrons. The summed E-state index contributed by atoms with van der Waals surface area (Å²) in [7, 11) is 3.98. The van der Waals surface area contributed by atoms with Crippen molar-refractivity contribution in [2.45, 2.75) is 26.8 Å². The van der Waals surface area contributed by atoms with Gasteiger partial charge in [-0.25, -0.2) is 0 Å². The Balaban J connectivity index is 2.34. The fraction of sp³-hybridized carbons (Fsp3) is 1.00. The zero-order chi connectivity index (χ0) is 10.6. The van der Waals surface area contributed by atoms with Crippen LogP contribution in [0.2, 0.25) is 0 Å². The van der Waals surface area contributed by atoms with E-state index in [9.17, 15) is 0 Å². The first-order valence-electron chi connectivity index (χ1n) is 5.22. The summed E-state index contributed by atoms with van der Waals surface area (Å²) >= 11 is 0. The van der Waals surface area contributed by atoms with Crippen molar-refractivity contribution < 1.29 is 0 Å². The van der Waals surface area contributed by atoms with Crippen LogP contribution >= 0.6 is 21.6 Å². The van der Waals surface area contributed by atoms with Crippen molar-refractivity contribution in [2.75, 3.05) is 31.1 Å². The maximum Gasteiger partial charge on any atom is 0.0217 e. The molecule has 0 bridgehead atoms. The zero-order valence-corrected chi connectivity index (χ0v) is 11.1. The maximum absolute atomic E-state index is 6.18. The van der Waals surface area contributed by atoms with Crippen molar-refractivity contribution in [3.8, 4) is 0 Å². The monoisotopic (exact) mass is 234 g/mol. The fourth-order valence-corrected chi connectivity index (χ4v) is 3.35. The molecule has 14 heavy (non-hydrogen) atoms. The van der Waals surface area contributed by atoms with Crippen LogP contribution in [0.1, 0.15) is 20.8 Å². The van der Waals surface area contributed by atoms with Gasteiger partial charge < -0.3 is 10.6 Å². The van der Waals surface area contributed by atoms with Crippen LogP contribution in [0.25, 0.3) is 0 Å². The molecule has 1 aliphatic rings. The Morgan fingerprint density at radius 2 is 1.71 bits per heavy atom. The highest BCUT2D eigenvalue weighted by Crippen LogP contribution is 2.25. The molecule has 1 fully saturated rings. The first-order valence-corrected chi connectivity index (χ1v) is 7.71. The molecule has 1 unspecified atom stereocenters. The van der Waals surface area contributed by atoms with Gasteiger partial charge in [-0.3, -0.25) is 0 Å². The Labute approximate surface area is 95.8 Å². The van der Waals surface area contributed by atoms with Crippen LogP contribution in [0.5, 0.6) is 0 Å². The van der Waals surface area contributed by atoms with E-state index in [-0.39, 0.29) is 11.5 Å². The van der Waals surface area contributed by atoms with Crippen molar-refractivity contribution >= 4 is 21.6 Å². The molecular formula is C10H22N2S2. The molecule has 1 rings (SSSR count). The summed E-state index contributed by atoms with van der Waals surface area (Å²) in [4.78, 5) is 2.50. The Kier molecular flexibility index (Phi) is 5.11. The Morgan fingerprint density at radius 3 is 2.14 bits per heavy atom. The van der Waals surface area contributed by atoms with Gasteiger partial charge in [-0.2, -0.15) is 0 Å². The van der Waals surface area contributed by atoms with Gasteiger partial charge in [0.25, 0.3) is 0 Å². The molecule has 0 amide bonds. The largest absolute Gasteiger partial charge is 0.326 e. The van der Waals surface area contributed by atoms with Crippen molar-refractivity contribution in [3.63, 3.8) is 0 Å². The minimum Gasteiger partial charge on any atom is -0.326 e. The Morgan fingerprint density at radius 1 is 1.21 bits per heavy atom. The summed E-state index contributed by atoms with van der Waals surface area (Å²) in [6.07, 6.45) is 0. The highest BCUT2D eigenvalue weighted by molar-refractivity contribution is 8.76. The van der Waals surface area contributed by atoms with Crippen LogP contribution in [-0.2, 0) is 0 Å². The maximum atomic E-state index is 6.18. The van der Waals surface area contributed by atoms with E-state index in [4.69, 9.17) is 5.73 Å². The average Bonchev–Trinajstić information content (AvgIpc) is 2.31. The highest BCUT2D eigenvalue weighted by atomic mass is 33.1. The fourth-order valence-electron chi connectivity index (χ4n) is 1.30. The minimum absolute atomic E-state index is 0.229. The van der Waals surface area contributed by atoms with E-state index >= 15 is 0 Å². The molecule has 4 heteroatoms. The van der Waals surface area contributed by atoms with E-state index in [1.165, 1.54) is 24.6 Å². The first-order chi connectivity index (χ1) is 6.50. The molecule has 84 valence electrons. The van der Waals surface area contributed by atoms with Gasteiger partial charge in [0.15, 0.2) is 0 Å². The molecule has 2 N–H and O–H groups in total. The zero-order valence-electron chi connectivity index (χ0n) is 9.45. The number of nitrogens with zero attached hydrogens (tertiary/aromatic N) is 1. The summed E-state index contributed by atoms with van der Waals surface area (Å²) < 4.78 is 0. The van der Waals surface area contributed by atoms with Gasteiger partial charge in [0.1, 0.15) is 0 Å². The molecule has 0 aromatic rings. The van der Waals surface area contributed by atoms with Crippen molar-refractivity contribution in [1.29, 1.82) is 0 Å². The van der Waals surface area contributed by atoms with Crippen LogP contribution in [0.15, 0.2) is 0 Å². The van der Waals surface area contributed by atoms with Crippen LogP contribution in [0, 0.1) is 5.41 Å². The molecular weight excluding hydrogens is 212 g/mol. The second-order valence-corrected chi connectivity index (χ2v) is 7.62. The van der Waals surface area contributed by atoms with Gasteiger partial charge in [-0.15, -0.1) is 0 Å². The smallest absolute Gasteiger partial charge is 0.0217 e. The second-order valence-electron chi connectivity index (χ2n) is 4.92. The number of rotatable bonds is 2. The highest BCUT2D eigenvalue weighted by Gasteiger charge is 2.23. The number of hydrogen-bond acceptors (Lipinski definition) is 4. The van der Waals surface area contributed by atoms with Crippen LogP contribution in [0.4, 0.5) is 0 Å². The van der Waals surface area contributed by atoms with Crippen molar-refractivity contribution in [1.82, 2.24) is 4.90 Å². The Bertz CT molecular complexity index is 160. The van der Waals surface area contributed by atoms with Crippen molar-refractivity contribution in [2.24, 2.45) is 11.1 Å². The molecule has 0 saturated carbocycles. The normalized spacial score (nSPS) is 23.1. The van der Waals surface area contributed by atoms with Crippen LogP contribution < -0.4 is 5.73 Å². The molecule has 1 saturated heterocycles. The van der Waals surface area contributed by atoms with E-state index < -0.39 is 0 Å². The molecule has 0 aromatic heterocycles. The lowest BCUT2D eigenvalue weighted by Gasteiger charge is -2.32. The molecule has 1 atom stereocenters. The molecule has 0 aromatic carbocycles. The van der Waals surface area contributed by atoms with E-state index in [1.807, 2.05) is 21.6 Å². The predicted octanol–water partition coefficient (Wildman–Crippen LogP) is 2.06. The third-order valence-electron chi connectivity index (χ3n) is 2.63. The lowest BCUT2D eigenvalue weighted by atomic mass is 9.87. The average molecular weight is 234 g/mol. The molecule has 0 aliphatic carbocycles. The third kappa shape index (κ3) is 4.43. The van der Waals surface area contributed by atoms with Gasteiger partial charge in [0.05, 0.1) is 0 Å². The quantitative estimate of drug-likeness (QED) is 0.741. The van der Waals surface area contributed by atoms with E-state index in [0.29, 0.717) is 0 Å². The molecule has 2 nitrogen and oxygen atoms in total. The standard InChI is InChI=1S/C10H22N2S2/c1-10(2,3)9(11)8-12-4-6-13-14-7-5-12/h9H,4-8,11H2,1-3H3. The predicted molar refractivity (Wildman–Crippen MR) is 68.8 cm³/mol.